The van der Waals surface area contributed by atoms with Crippen molar-refractivity contribution in [1.82, 2.24) is 19.9 Å². The van der Waals surface area contributed by atoms with E-state index in [2.05, 4.69) is 39.4 Å². The number of nitrogens with one attached hydrogen (secondary N) is 1. The van der Waals surface area contributed by atoms with Crippen LogP contribution in [0.5, 0.6) is 0 Å². The first-order valence-corrected chi connectivity index (χ1v) is 11.4. The molecule has 34 heavy (non-hydrogen) atoms. The number of hydrogen-bond acceptors (Lipinski definition) is 5. The highest BCUT2D eigenvalue weighted by Crippen LogP contribution is 2.29. The molecule has 0 aromatic carbocycles. The molecule has 1 saturated heterocycles. The van der Waals surface area contributed by atoms with Gasteiger partial charge in [-0.25, -0.2) is 9.50 Å². The molecule has 1 atom stereocenters. The van der Waals surface area contributed by atoms with E-state index in [0.29, 0.717) is 23.7 Å². The third-order valence-electron chi connectivity index (χ3n) is 5.55. The molecule has 1 fully saturated rings. The van der Waals surface area contributed by atoms with Gasteiger partial charge in [-0.05, 0) is 50.0 Å². The van der Waals surface area contributed by atoms with E-state index in [0.717, 1.165) is 30.8 Å². The predicted molar refractivity (Wildman–Crippen MR) is 140 cm³/mol. The van der Waals surface area contributed by atoms with Gasteiger partial charge in [0.05, 0.1) is 18.8 Å². The molecule has 0 bridgehead atoms. The van der Waals surface area contributed by atoms with Gasteiger partial charge in [0.25, 0.3) is 0 Å². The summed E-state index contributed by atoms with van der Waals surface area (Å²) in [7, 11) is 0. The Labute approximate surface area is 201 Å². The number of hydrogen-bond donors (Lipinski definition) is 1. The van der Waals surface area contributed by atoms with Crippen LogP contribution in [0.15, 0.2) is 96.2 Å². The summed E-state index contributed by atoms with van der Waals surface area (Å²) < 4.78 is 1.74. The molecule has 0 spiro atoms. The van der Waals surface area contributed by atoms with Gasteiger partial charge in [-0.2, -0.15) is 5.26 Å². The SMILES string of the molecule is C=C/C=C(\C=C/C)CN=C(NC#N)c1cnc2ccc(N3CCCC3/C(C=C)=C/C=C\C)nn12. The molecule has 1 N–H and O–H groups in total. The topological polar surface area (TPSA) is 81.6 Å². The molecule has 2 aromatic rings. The second-order valence-corrected chi connectivity index (χ2v) is 7.73. The van der Waals surface area contributed by atoms with E-state index in [4.69, 9.17) is 5.10 Å². The van der Waals surface area contributed by atoms with Crippen molar-refractivity contribution in [1.29, 1.82) is 5.26 Å². The van der Waals surface area contributed by atoms with Crippen LogP contribution < -0.4 is 10.2 Å². The fourth-order valence-corrected chi connectivity index (χ4v) is 4.02. The van der Waals surface area contributed by atoms with E-state index in [9.17, 15) is 5.26 Å². The molecule has 3 heterocycles. The quantitative estimate of drug-likeness (QED) is 0.192. The highest BCUT2D eigenvalue weighted by atomic mass is 15.4. The molecular formula is C27H31N7. The fraction of sp³-hybridized carbons (Fsp3) is 0.259. The Morgan fingerprint density at radius 1 is 1.29 bits per heavy atom. The number of anilines is 1. The number of aliphatic imine (C=N–C) groups is 1. The fourth-order valence-electron chi connectivity index (χ4n) is 4.02. The highest BCUT2D eigenvalue weighted by Gasteiger charge is 2.28. The van der Waals surface area contributed by atoms with Crippen molar-refractivity contribution in [3.63, 3.8) is 0 Å². The predicted octanol–water partition coefficient (Wildman–Crippen LogP) is 4.89. The van der Waals surface area contributed by atoms with E-state index in [1.807, 2.05) is 68.6 Å². The number of imidazole rings is 1. The minimum absolute atomic E-state index is 0.212. The zero-order valence-electron chi connectivity index (χ0n) is 19.9. The molecule has 3 rings (SSSR count). The van der Waals surface area contributed by atoms with Crippen molar-refractivity contribution in [3.05, 3.63) is 96.9 Å². The molecule has 0 radical (unpaired) electrons. The lowest BCUT2D eigenvalue weighted by Gasteiger charge is -2.26. The Morgan fingerprint density at radius 3 is 2.85 bits per heavy atom. The first-order valence-electron chi connectivity index (χ1n) is 11.4. The summed E-state index contributed by atoms with van der Waals surface area (Å²) in [6, 6.07) is 4.15. The van der Waals surface area contributed by atoms with Crippen LogP contribution in [-0.4, -0.2) is 39.6 Å². The third-order valence-corrected chi connectivity index (χ3v) is 5.55. The van der Waals surface area contributed by atoms with Crippen molar-refractivity contribution in [2.75, 3.05) is 18.0 Å². The Hall–Kier alpha value is -4.18. The number of rotatable bonds is 9. The zero-order chi connectivity index (χ0) is 24.3. The van der Waals surface area contributed by atoms with Crippen LogP contribution in [0.25, 0.3) is 5.65 Å². The summed E-state index contributed by atoms with van der Waals surface area (Å²) >= 11 is 0. The molecule has 1 aliphatic heterocycles. The molecule has 0 saturated carbocycles. The lowest BCUT2D eigenvalue weighted by Crippen LogP contribution is -2.31. The van der Waals surface area contributed by atoms with Crippen molar-refractivity contribution in [2.45, 2.75) is 32.7 Å². The minimum atomic E-state index is 0.212. The number of nitrogens with zero attached hydrogens (tertiary/aromatic N) is 6. The first kappa shape index (κ1) is 24.5. The van der Waals surface area contributed by atoms with Gasteiger partial charge < -0.3 is 4.90 Å². The maximum atomic E-state index is 9.33. The maximum absolute atomic E-state index is 9.33. The first-order chi connectivity index (χ1) is 16.7. The Morgan fingerprint density at radius 2 is 2.15 bits per heavy atom. The van der Waals surface area contributed by atoms with Gasteiger partial charge in [-0.15, -0.1) is 5.10 Å². The van der Waals surface area contributed by atoms with Gasteiger partial charge in [0.2, 0.25) is 0 Å². The van der Waals surface area contributed by atoms with Gasteiger partial charge in [0.15, 0.2) is 17.7 Å². The Kier molecular flexibility index (Phi) is 8.75. The van der Waals surface area contributed by atoms with E-state index in [1.54, 1.807) is 16.8 Å². The normalized spacial score (nSPS) is 17.6. The van der Waals surface area contributed by atoms with E-state index in [-0.39, 0.29) is 6.04 Å². The monoisotopic (exact) mass is 453 g/mol. The lowest BCUT2D eigenvalue weighted by atomic mass is 10.0. The Bertz CT molecular complexity index is 1220. The third kappa shape index (κ3) is 5.59. The zero-order valence-corrected chi connectivity index (χ0v) is 19.9. The second-order valence-electron chi connectivity index (χ2n) is 7.73. The second kappa shape index (κ2) is 12.2. The van der Waals surface area contributed by atoms with Crippen LogP contribution in [0.3, 0.4) is 0 Å². The molecule has 7 heteroatoms. The van der Waals surface area contributed by atoms with Crippen LogP contribution in [0.2, 0.25) is 0 Å². The van der Waals surface area contributed by atoms with Crippen molar-refractivity contribution in [2.24, 2.45) is 4.99 Å². The molecule has 1 unspecified atom stereocenters. The Balaban J connectivity index is 2.00. The average Bonchev–Trinajstić information content (AvgIpc) is 3.49. The highest BCUT2D eigenvalue weighted by molar-refractivity contribution is 5.98. The summed E-state index contributed by atoms with van der Waals surface area (Å²) in [6.07, 6.45) is 21.4. The van der Waals surface area contributed by atoms with Crippen molar-refractivity contribution < 1.29 is 0 Å². The summed E-state index contributed by atoms with van der Waals surface area (Å²) in [5, 5.41) is 16.9. The standard InChI is InChI=1S/C27H31N7/c1-5-9-13-22(8-4)23-14-10-17-33(23)26-16-15-25-29-19-24(34(25)32-26)27(31-20-28)30-18-21(11-6-2)12-7-3/h5-9,11-13,15-16,19,23H,2,4,10,14,17-18H2,1,3H3,(H,30,31)/b9-5-,12-7-,21-11+,22-13+. The molecule has 0 aliphatic carbocycles. The number of allylic oxidation sites excluding steroid dienone is 6. The van der Waals surface area contributed by atoms with Gasteiger partial charge in [0, 0.05) is 6.54 Å². The summed E-state index contributed by atoms with van der Waals surface area (Å²) in [5.41, 5.74) is 3.45. The molecule has 7 nitrogen and oxygen atoms in total. The molecule has 1 aliphatic rings. The van der Waals surface area contributed by atoms with Crippen LogP contribution in [0.4, 0.5) is 5.82 Å². The molecule has 174 valence electrons. The summed E-state index contributed by atoms with van der Waals surface area (Å²) in [5.74, 6) is 1.26. The van der Waals surface area contributed by atoms with Gasteiger partial charge >= 0.3 is 0 Å². The van der Waals surface area contributed by atoms with E-state index >= 15 is 0 Å². The van der Waals surface area contributed by atoms with Crippen LogP contribution in [-0.2, 0) is 0 Å². The number of fused-ring (bicyclic) bond motifs is 1. The smallest absolute Gasteiger partial charge is 0.182 e. The van der Waals surface area contributed by atoms with Gasteiger partial charge in [0.1, 0.15) is 11.5 Å². The molecule has 2 aromatic heterocycles. The van der Waals surface area contributed by atoms with Gasteiger partial charge in [-0.3, -0.25) is 10.3 Å². The van der Waals surface area contributed by atoms with E-state index < -0.39 is 0 Å². The summed E-state index contributed by atoms with van der Waals surface area (Å²) in [6.45, 7) is 13.0. The van der Waals surface area contributed by atoms with Crippen molar-refractivity contribution >= 4 is 17.3 Å². The number of nitriles is 1. The van der Waals surface area contributed by atoms with Crippen LogP contribution in [0.1, 0.15) is 32.4 Å². The van der Waals surface area contributed by atoms with Crippen LogP contribution >= 0.6 is 0 Å². The molecule has 0 amide bonds. The van der Waals surface area contributed by atoms with Crippen molar-refractivity contribution in [3.8, 4) is 6.19 Å². The molecular weight excluding hydrogens is 422 g/mol. The maximum Gasteiger partial charge on any atom is 0.182 e. The van der Waals surface area contributed by atoms with Gasteiger partial charge in [-0.1, -0.05) is 61.8 Å². The van der Waals surface area contributed by atoms with E-state index in [1.165, 1.54) is 5.57 Å². The lowest BCUT2D eigenvalue weighted by molar-refractivity contribution is 0.752. The number of amidine groups is 1. The average molecular weight is 454 g/mol. The largest absolute Gasteiger partial charge is 0.348 e. The van der Waals surface area contributed by atoms with Crippen LogP contribution in [0, 0.1) is 11.5 Å². The number of aromatic nitrogens is 3. The minimum Gasteiger partial charge on any atom is -0.348 e. The summed E-state index contributed by atoms with van der Waals surface area (Å²) in [4.78, 5) is 11.4.